The van der Waals surface area contributed by atoms with Crippen molar-refractivity contribution in [2.45, 2.75) is 19.8 Å². The molecule has 17 heavy (non-hydrogen) atoms. The van der Waals surface area contributed by atoms with Gasteiger partial charge in [0, 0.05) is 6.42 Å². The van der Waals surface area contributed by atoms with Crippen molar-refractivity contribution in [3.05, 3.63) is 33.5 Å². The van der Waals surface area contributed by atoms with Gasteiger partial charge in [-0.25, -0.2) is 0 Å². The molecule has 1 rings (SSSR count). The molecular weight excluding hydrogens is 258 g/mol. The molecule has 0 aliphatic heterocycles. The summed E-state index contributed by atoms with van der Waals surface area (Å²) in [5.74, 6) is -0.303. The molecule has 92 valence electrons. The van der Waals surface area contributed by atoms with E-state index < -0.39 is 0 Å². The van der Waals surface area contributed by atoms with E-state index in [9.17, 15) is 9.59 Å². The second-order valence-electron chi connectivity index (χ2n) is 3.61. The number of carbonyl (C=O) groups excluding carboxylic acids is 2. The summed E-state index contributed by atoms with van der Waals surface area (Å²) in [6.07, 6.45) is 2.72. The highest BCUT2D eigenvalue weighted by Crippen LogP contribution is 2.26. The van der Waals surface area contributed by atoms with E-state index in [-0.39, 0.29) is 18.2 Å². The van der Waals surface area contributed by atoms with Crippen LogP contribution in [0.15, 0.2) is 18.0 Å². The number of halogens is 1. The average molecular weight is 272 g/mol. The van der Waals surface area contributed by atoms with Crippen molar-refractivity contribution in [3.8, 4) is 0 Å². The highest BCUT2D eigenvalue weighted by molar-refractivity contribution is 7.13. The first kappa shape index (κ1) is 13.9. The minimum absolute atomic E-state index is 0.0114. The molecule has 1 aromatic heterocycles. The van der Waals surface area contributed by atoms with Crippen molar-refractivity contribution in [3.63, 3.8) is 0 Å². The molecule has 0 saturated heterocycles. The SMILES string of the molecule is C=CCCC(=O)CNC(=O)c1scc(C)c1Cl. The zero-order valence-corrected chi connectivity index (χ0v) is 11.2. The molecular formula is C12H14ClNO2S. The van der Waals surface area contributed by atoms with Crippen molar-refractivity contribution < 1.29 is 9.59 Å². The number of nitrogens with one attached hydrogen (secondary N) is 1. The Hall–Kier alpha value is -1.13. The van der Waals surface area contributed by atoms with E-state index in [1.807, 2.05) is 12.3 Å². The van der Waals surface area contributed by atoms with Gasteiger partial charge in [0.2, 0.25) is 0 Å². The fourth-order valence-electron chi connectivity index (χ4n) is 1.19. The number of Topliss-reactive ketones (excluding diaryl/α,β-unsaturated/α-hetero) is 1. The Morgan fingerprint density at radius 3 is 2.82 bits per heavy atom. The number of carbonyl (C=O) groups is 2. The molecule has 1 N–H and O–H groups in total. The van der Waals surface area contributed by atoms with E-state index in [1.54, 1.807) is 6.08 Å². The van der Waals surface area contributed by atoms with Crippen LogP contribution in [0, 0.1) is 6.92 Å². The van der Waals surface area contributed by atoms with Crippen LogP contribution in [0.1, 0.15) is 28.1 Å². The third kappa shape index (κ3) is 3.98. The van der Waals surface area contributed by atoms with Gasteiger partial charge in [0.25, 0.3) is 5.91 Å². The molecule has 3 nitrogen and oxygen atoms in total. The van der Waals surface area contributed by atoms with Gasteiger partial charge in [-0.2, -0.15) is 0 Å². The molecule has 0 saturated carbocycles. The van der Waals surface area contributed by atoms with E-state index in [2.05, 4.69) is 11.9 Å². The first-order valence-corrected chi connectivity index (χ1v) is 6.46. The first-order valence-electron chi connectivity index (χ1n) is 5.20. The van der Waals surface area contributed by atoms with Crippen LogP contribution in [0.5, 0.6) is 0 Å². The number of amides is 1. The molecule has 0 bridgehead atoms. The molecule has 1 heterocycles. The molecule has 0 unspecified atom stereocenters. The maximum atomic E-state index is 11.7. The number of thiophene rings is 1. The van der Waals surface area contributed by atoms with Gasteiger partial charge in [0.15, 0.2) is 5.78 Å². The highest BCUT2D eigenvalue weighted by atomic mass is 35.5. The topological polar surface area (TPSA) is 46.2 Å². The van der Waals surface area contributed by atoms with E-state index in [4.69, 9.17) is 11.6 Å². The van der Waals surface area contributed by atoms with E-state index in [0.29, 0.717) is 22.7 Å². The van der Waals surface area contributed by atoms with Gasteiger partial charge in [-0.3, -0.25) is 9.59 Å². The number of hydrogen-bond donors (Lipinski definition) is 1. The van der Waals surface area contributed by atoms with E-state index >= 15 is 0 Å². The van der Waals surface area contributed by atoms with Crippen molar-refractivity contribution >= 4 is 34.6 Å². The number of aryl methyl sites for hydroxylation is 1. The second kappa shape index (κ2) is 6.57. The molecule has 0 aromatic carbocycles. The summed E-state index contributed by atoms with van der Waals surface area (Å²) in [5.41, 5.74) is 0.875. The van der Waals surface area contributed by atoms with E-state index in [1.165, 1.54) is 11.3 Å². The quantitative estimate of drug-likeness (QED) is 0.809. The van der Waals surface area contributed by atoms with Crippen LogP contribution in [0.25, 0.3) is 0 Å². The summed E-state index contributed by atoms with van der Waals surface area (Å²) >= 11 is 7.24. The minimum atomic E-state index is -0.292. The number of ketones is 1. The summed E-state index contributed by atoms with van der Waals surface area (Å²) in [5, 5.41) is 4.85. The fraction of sp³-hybridized carbons (Fsp3) is 0.333. The molecule has 0 spiro atoms. The van der Waals surface area contributed by atoms with Crippen LogP contribution < -0.4 is 5.32 Å². The summed E-state index contributed by atoms with van der Waals surface area (Å²) in [7, 11) is 0. The van der Waals surface area contributed by atoms with Crippen LogP contribution in [0.3, 0.4) is 0 Å². The maximum Gasteiger partial charge on any atom is 0.263 e. The van der Waals surface area contributed by atoms with Gasteiger partial charge >= 0.3 is 0 Å². The molecule has 0 radical (unpaired) electrons. The zero-order chi connectivity index (χ0) is 12.8. The number of hydrogen-bond acceptors (Lipinski definition) is 3. The smallest absolute Gasteiger partial charge is 0.263 e. The molecule has 0 aliphatic carbocycles. The summed E-state index contributed by atoms with van der Waals surface area (Å²) < 4.78 is 0. The predicted octanol–water partition coefficient (Wildman–Crippen LogP) is 2.98. The van der Waals surface area contributed by atoms with Crippen molar-refractivity contribution in [2.24, 2.45) is 0 Å². The Bertz CT molecular complexity index is 440. The van der Waals surface area contributed by atoms with Crippen LogP contribution in [-0.2, 0) is 4.79 Å². The average Bonchev–Trinajstić information content (AvgIpc) is 2.64. The van der Waals surface area contributed by atoms with Crippen molar-refractivity contribution in [1.29, 1.82) is 0 Å². The zero-order valence-electron chi connectivity index (χ0n) is 9.59. The van der Waals surface area contributed by atoms with Gasteiger partial charge in [0.1, 0.15) is 4.88 Å². The van der Waals surface area contributed by atoms with Crippen LogP contribution in [0.4, 0.5) is 0 Å². The van der Waals surface area contributed by atoms with Crippen molar-refractivity contribution in [2.75, 3.05) is 6.54 Å². The van der Waals surface area contributed by atoms with Gasteiger partial charge in [0.05, 0.1) is 11.6 Å². The Labute approximate surface area is 109 Å². The summed E-state index contributed by atoms with van der Waals surface area (Å²) in [6.45, 7) is 5.41. The standard InChI is InChI=1S/C12H14ClNO2S/c1-3-4-5-9(15)6-14-12(16)11-10(13)8(2)7-17-11/h3,7H,1,4-6H2,2H3,(H,14,16). The van der Waals surface area contributed by atoms with E-state index in [0.717, 1.165) is 5.56 Å². The molecule has 0 aliphatic rings. The number of rotatable bonds is 6. The monoisotopic (exact) mass is 271 g/mol. The Morgan fingerprint density at radius 1 is 1.59 bits per heavy atom. The van der Waals surface area contributed by atoms with Crippen LogP contribution in [0.2, 0.25) is 5.02 Å². The van der Waals surface area contributed by atoms with Gasteiger partial charge < -0.3 is 5.32 Å². The molecule has 1 amide bonds. The first-order chi connectivity index (χ1) is 8.06. The second-order valence-corrected chi connectivity index (χ2v) is 4.87. The van der Waals surface area contributed by atoms with Gasteiger partial charge in [-0.05, 0) is 24.3 Å². The summed E-state index contributed by atoms with van der Waals surface area (Å²) in [4.78, 5) is 23.5. The third-order valence-corrected chi connectivity index (χ3v) is 3.87. The normalized spacial score (nSPS) is 10.0. The minimum Gasteiger partial charge on any atom is -0.344 e. The largest absolute Gasteiger partial charge is 0.344 e. The lowest BCUT2D eigenvalue weighted by molar-refractivity contribution is -0.118. The maximum absolute atomic E-state index is 11.7. The number of allylic oxidation sites excluding steroid dienone is 1. The van der Waals surface area contributed by atoms with Crippen LogP contribution in [-0.4, -0.2) is 18.2 Å². The molecule has 0 fully saturated rings. The fourth-order valence-corrected chi connectivity index (χ4v) is 2.39. The predicted molar refractivity (Wildman–Crippen MR) is 70.8 cm³/mol. The lowest BCUT2D eigenvalue weighted by Gasteiger charge is -2.02. The summed E-state index contributed by atoms with van der Waals surface area (Å²) in [6, 6.07) is 0. The van der Waals surface area contributed by atoms with Gasteiger partial charge in [-0.1, -0.05) is 17.7 Å². The highest BCUT2D eigenvalue weighted by Gasteiger charge is 2.14. The Balaban J connectivity index is 2.48. The Kier molecular flexibility index (Phi) is 5.38. The van der Waals surface area contributed by atoms with Gasteiger partial charge in [-0.15, -0.1) is 17.9 Å². The lowest BCUT2D eigenvalue weighted by Crippen LogP contribution is -2.28. The molecule has 5 heteroatoms. The van der Waals surface area contributed by atoms with Crippen molar-refractivity contribution in [1.82, 2.24) is 5.32 Å². The van der Waals surface area contributed by atoms with Crippen LogP contribution >= 0.6 is 22.9 Å². The Morgan fingerprint density at radius 2 is 2.29 bits per heavy atom. The third-order valence-electron chi connectivity index (χ3n) is 2.18. The lowest BCUT2D eigenvalue weighted by atomic mass is 10.2. The molecule has 1 aromatic rings. The molecule has 0 atom stereocenters.